The van der Waals surface area contributed by atoms with Gasteiger partial charge in [-0.1, -0.05) is 42.6 Å². The Bertz CT molecular complexity index is 750. The van der Waals surface area contributed by atoms with Gasteiger partial charge in [0.2, 0.25) is 5.91 Å². The summed E-state index contributed by atoms with van der Waals surface area (Å²) in [7, 11) is 0. The van der Waals surface area contributed by atoms with Crippen LogP contribution in [-0.4, -0.2) is 52.8 Å². The average molecular weight is 370 g/mol. The fourth-order valence-electron chi connectivity index (χ4n) is 4.16. The SMILES string of the molecule is O=C(NCc1noc(-c2ccccc2)n1)C1(N2CCOCC2)CCCCC1. The molecule has 1 N–H and O–H groups in total. The molecule has 0 atom stereocenters. The molecule has 2 aliphatic rings. The first-order valence-electron chi connectivity index (χ1n) is 9.77. The van der Waals surface area contributed by atoms with Gasteiger partial charge in [-0.25, -0.2) is 0 Å². The molecule has 0 bridgehead atoms. The highest BCUT2D eigenvalue weighted by atomic mass is 16.5. The molecule has 2 aromatic rings. The molecule has 1 aliphatic heterocycles. The maximum atomic E-state index is 13.2. The van der Waals surface area contributed by atoms with Gasteiger partial charge in [-0.2, -0.15) is 4.98 Å². The van der Waals surface area contributed by atoms with E-state index in [1.807, 2.05) is 30.3 Å². The number of nitrogens with zero attached hydrogens (tertiary/aromatic N) is 3. The number of aromatic nitrogens is 2. The molecule has 4 rings (SSSR count). The zero-order chi connectivity index (χ0) is 18.5. The molecule has 1 saturated carbocycles. The number of benzene rings is 1. The van der Waals surface area contributed by atoms with E-state index < -0.39 is 5.54 Å². The Hall–Kier alpha value is -2.25. The van der Waals surface area contributed by atoms with E-state index in [0.717, 1.165) is 44.3 Å². The van der Waals surface area contributed by atoms with Crippen molar-refractivity contribution in [2.24, 2.45) is 0 Å². The molecular weight excluding hydrogens is 344 g/mol. The number of carbonyl (C=O) groups is 1. The van der Waals surface area contributed by atoms with E-state index in [0.29, 0.717) is 24.9 Å². The van der Waals surface area contributed by atoms with Gasteiger partial charge in [-0.15, -0.1) is 0 Å². The summed E-state index contributed by atoms with van der Waals surface area (Å²) in [5, 5.41) is 7.08. The van der Waals surface area contributed by atoms with Gasteiger partial charge in [0.25, 0.3) is 5.89 Å². The van der Waals surface area contributed by atoms with Gasteiger partial charge in [-0.3, -0.25) is 9.69 Å². The number of rotatable bonds is 5. The van der Waals surface area contributed by atoms with Crippen LogP contribution in [0, 0.1) is 0 Å². The van der Waals surface area contributed by atoms with Gasteiger partial charge in [0.05, 0.1) is 19.8 Å². The molecule has 1 aromatic heterocycles. The van der Waals surface area contributed by atoms with Crippen LogP contribution in [0.15, 0.2) is 34.9 Å². The van der Waals surface area contributed by atoms with Crippen LogP contribution in [0.5, 0.6) is 0 Å². The number of morpholine rings is 1. The Morgan fingerprint density at radius 2 is 1.85 bits per heavy atom. The topological polar surface area (TPSA) is 80.5 Å². The predicted molar refractivity (Wildman–Crippen MR) is 99.8 cm³/mol. The molecule has 7 heteroatoms. The third-order valence-corrected chi connectivity index (χ3v) is 5.62. The Kier molecular flexibility index (Phi) is 5.50. The summed E-state index contributed by atoms with van der Waals surface area (Å²) in [6.07, 6.45) is 5.18. The van der Waals surface area contributed by atoms with Gasteiger partial charge in [0, 0.05) is 18.7 Å². The molecule has 0 radical (unpaired) electrons. The van der Waals surface area contributed by atoms with Crippen LogP contribution in [0.3, 0.4) is 0 Å². The van der Waals surface area contributed by atoms with Crippen molar-refractivity contribution in [2.75, 3.05) is 26.3 Å². The van der Waals surface area contributed by atoms with Crippen LogP contribution >= 0.6 is 0 Å². The molecule has 1 aromatic carbocycles. The molecule has 2 fully saturated rings. The zero-order valence-electron chi connectivity index (χ0n) is 15.5. The van der Waals surface area contributed by atoms with Gasteiger partial charge in [-0.05, 0) is 25.0 Å². The Morgan fingerprint density at radius 1 is 1.11 bits per heavy atom. The zero-order valence-corrected chi connectivity index (χ0v) is 15.5. The summed E-state index contributed by atoms with van der Waals surface area (Å²) >= 11 is 0. The molecule has 0 unspecified atom stereocenters. The van der Waals surface area contributed by atoms with Crippen molar-refractivity contribution in [3.8, 4) is 11.5 Å². The van der Waals surface area contributed by atoms with Gasteiger partial charge in [0.1, 0.15) is 5.54 Å². The maximum absolute atomic E-state index is 13.2. The van der Waals surface area contributed by atoms with Gasteiger partial charge >= 0.3 is 0 Å². The maximum Gasteiger partial charge on any atom is 0.257 e. The molecule has 2 heterocycles. The second-order valence-electron chi connectivity index (χ2n) is 7.26. The lowest BCUT2D eigenvalue weighted by Crippen LogP contribution is -2.62. The summed E-state index contributed by atoms with van der Waals surface area (Å²) in [4.78, 5) is 19.9. The number of ether oxygens (including phenoxy) is 1. The molecule has 1 saturated heterocycles. The first-order valence-corrected chi connectivity index (χ1v) is 9.77. The van der Waals surface area contributed by atoms with E-state index in [1.165, 1.54) is 6.42 Å². The van der Waals surface area contributed by atoms with E-state index in [-0.39, 0.29) is 12.5 Å². The summed E-state index contributed by atoms with van der Waals surface area (Å²) in [6, 6.07) is 9.64. The largest absolute Gasteiger partial charge is 0.379 e. The fourth-order valence-corrected chi connectivity index (χ4v) is 4.16. The van der Waals surface area contributed by atoms with Crippen molar-refractivity contribution < 1.29 is 14.1 Å². The second kappa shape index (κ2) is 8.19. The van der Waals surface area contributed by atoms with Gasteiger partial charge < -0.3 is 14.6 Å². The molecule has 144 valence electrons. The number of carbonyl (C=O) groups excluding carboxylic acids is 1. The highest BCUT2D eigenvalue weighted by Crippen LogP contribution is 2.34. The van der Waals surface area contributed by atoms with E-state index in [1.54, 1.807) is 0 Å². The highest BCUT2D eigenvalue weighted by Gasteiger charge is 2.44. The van der Waals surface area contributed by atoms with E-state index in [4.69, 9.17) is 9.26 Å². The minimum absolute atomic E-state index is 0.0789. The molecule has 27 heavy (non-hydrogen) atoms. The van der Waals surface area contributed by atoms with E-state index in [9.17, 15) is 4.79 Å². The van der Waals surface area contributed by atoms with E-state index in [2.05, 4.69) is 20.4 Å². The second-order valence-corrected chi connectivity index (χ2v) is 7.26. The predicted octanol–water partition coefficient (Wildman–Crippen LogP) is 2.39. The summed E-state index contributed by atoms with van der Waals surface area (Å²) in [6.45, 7) is 3.30. The van der Waals surface area contributed by atoms with E-state index >= 15 is 0 Å². The third-order valence-electron chi connectivity index (χ3n) is 5.62. The summed E-state index contributed by atoms with van der Waals surface area (Å²) in [5.74, 6) is 1.05. The third kappa shape index (κ3) is 3.89. The molecular formula is C20H26N4O3. The Labute approximate surface area is 159 Å². The van der Waals surface area contributed by atoms with Crippen LogP contribution in [0.1, 0.15) is 37.9 Å². The lowest BCUT2D eigenvalue weighted by Gasteiger charge is -2.46. The highest BCUT2D eigenvalue weighted by molar-refractivity contribution is 5.86. The Morgan fingerprint density at radius 3 is 2.59 bits per heavy atom. The Balaban J connectivity index is 1.43. The number of amides is 1. The van der Waals surface area contributed by atoms with Crippen molar-refractivity contribution >= 4 is 5.91 Å². The van der Waals surface area contributed by atoms with Crippen molar-refractivity contribution in [1.29, 1.82) is 0 Å². The summed E-state index contributed by atoms with van der Waals surface area (Å²) < 4.78 is 10.8. The van der Waals surface area contributed by atoms with Gasteiger partial charge in [0.15, 0.2) is 5.82 Å². The van der Waals surface area contributed by atoms with Crippen LogP contribution in [0.2, 0.25) is 0 Å². The summed E-state index contributed by atoms with van der Waals surface area (Å²) in [5.41, 5.74) is 0.452. The van der Waals surface area contributed by atoms with Crippen LogP contribution in [-0.2, 0) is 16.1 Å². The first kappa shape index (κ1) is 18.1. The standard InChI is InChI=1S/C20H26N4O3/c25-19(20(9-5-2-6-10-20)24-11-13-26-14-12-24)21-15-17-22-18(27-23-17)16-7-3-1-4-8-16/h1,3-4,7-8H,2,5-6,9-15H2,(H,21,25). The lowest BCUT2D eigenvalue weighted by molar-refractivity contribution is -0.140. The van der Waals surface area contributed by atoms with Crippen molar-refractivity contribution in [1.82, 2.24) is 20.4 Å². The molecule has 1 amide bonds. The smallest absolute Gasteiger partial charge is 0.257 e. The number of hydrogen-bond acceptors (Lipinski definition) is 6. The minimum atomic E-state index is -0.423. The van der Waals surface area contributed by atoms with Crippen molar-refractivity contribution in [3.05, 3.63) is 36.2 Å². The molecule has 0 spiro atoms. The lowest BCUT2D eigenvalue weighted by atomic mass is 9.79. The fraction of sp³-hybridized carbons (Fsp3) is 0.550. The van der Waals surface area contributed by atoms with Crippen molar-refractivity contribution in [2.45, 2.75) is 44.2 Å². The van der Waals surface area contributed by atoms with Crippen LogP contribution < -0.4 is 5.32 Å². The normalized spacial score (nSPS) is 20.3. The molecule has 7 nitrogen and oxygen atoms in total. The number of hydrogen-bond donors (Lipinski definition) is 1. The minimum Gasteiger partial charge on any atom is -0.379 e. The van der Waals surface area contributed by atoms with Crippen molar-refractivity contribution in [3.63, 3.8) is 0 Å². The monoisotopic (exact) mass is 370 g/mol. The molecule has 1 aliphatic carbocycles. The van der Waals surface area contributed by atoms with Crippen LogP contribution in [0.25, 0.3) is 11.5 Å². The number of nitrogens with one attached hydrogen (secondary N) is 1. The quantitative estimate of drug-likeness (QED) is 0.870. The van der Waals surface area contributed by atoms with Crippen LogP contribution in [0.4, 0.5) is 0 Å². The average Bonchev–Trinajstić information content (AvgIpc) is 3.23. The first-order chi connectivity index (χ1) is 13.3.